The summed E-state index contributed by atoms with van der Waals surface area (Å²) < 4.78 is 5.65. The molecule has 2 rings (SSSR count). The van der Waals surface area contributed by atoms with Crippen LogP contribution in [-0.4, -0.2) is 19.3 Å². The Kier molecular flexibility index (Phi) is 4.46. The van der Waals surface area contributed by atoms with Crippen LogP contribution < -0.4 is 5.32 Å². The molecule has 1 N–H and O–H groups in total. The van der Waals surface area contributed by atoms with Crippen molar-refractivity contribution in [2.75, 3.05) is 18.5 Å². The molecular formula is C14H17ClN2O. The lowest BCUT2D eigenvalue weighted by atomic mass is 9.99. The predicted molar refractivity (Wildman–Crippen MR) is 72.8 cm³/mol. The van der Waals surface area contributed by atoms with Crippen molar-refractivity contribution in [1.82, 2.24) is 0 Å². The third-order valence-electron chi connectivity index (χ3n) is 3.41. The van der Waals surface area contributed by atoms with Crippen molar-refractivity contribution in [3.8, 4) is 6.07 Å². The van der Waals surface area contributed by atoms with E-state index >= 15 is 0 Å². The molecule has 1 saturated heterocycles. The molecule has 18 heavy (non-hydrogen) atoms. The van der Waals surface area contributed by atoms with Gasteiger partial charge in [0.2, 0.25) is 0 Å². The first-order valence-electron chi connectivity index (χ1n) is 6.29. The van der Waals surface area contributed by atoms with Crippen LogP contribution in [-0.2, 0) is 4.74 Å². The lowest BCUT2D eigenvalue weighted by molar-refractivity contribution is 0.0900. The first kappa shape index (κ1) is 13.2. The zero-order chi connectivity index (χ0) is 13.0. The van der Waals surface area contributed by atoms with Crippen LogP contribution >= 0.6 is 11.6 Å². The largest absolute Gasteiger partial charge is 0.384 e. The molecule has 1 aliphatic heterocycles. The van der Waals surface area contributed by atoms with Crippen molar-refractivity contribution >= 4 is 17.3 Å². The highest BCUT2D eigenvalue weighted by atomic mass is 35.5. The van der Waals surface area contributed by atoms with E-state index in [4.69, 9.17) is 21.6 Å². The first-order chi connectivity index (χ1) is 8.74. The standard InChI is InChI=1S/C14H17ClN2O/c1-2-14-10(5-6-18-14)9-17-13-4-3-12(15)7-11(13)8-16/h3-4,7,10,14,17H,2,5-6,9H2,1H3. The second-order valence-electron chi connectivity index (χ2n) is 4.55. The van der Waals surface area contributed by atoms with Gasteiger partial charge in [0.15, 0.2) is 0 Å². The average molecular weight is 265 g/mol. The van der Waals surface area contributed by atoms with Gasteiger partial charge in [-0.15, -0.1) is 0 Å². The van der Waals surface area contributed by atoms with Gasteiger partial charge in [-0.25, -0.2) is 0 Å². The molecule has 1 aliphatic rings. The van der Waals surface area contributed by atoms with E-state index in [1.54, 1.807) is 12.1 Å². The van der Waals surface area contributed by atoms with Crippen LogP contribution in [0, 0.1) is 17.2 Å². The Morgan fingerprint density at radius 2 is 2.39 bits per heavy atom. The van der Waals surface area contributed by atoms with Gasteiger partial charge in [0.05, 0.1) is 17.4 Å². The van der Waals surface area contributed by atoms with E-state index in [9.17, 15) is 0 Å². The quantitative estimate of drug-likeness (QED) is 0.906. The minimum absolute atomic E-state index is 0.343. The molecule has 0 bridgehead atoms. The number of nitriles is 1. The van der Waals surface area contributed by atoms with Gasteiger partial charge in [-0.2, -0.15) is 5.26 Å². The fourth-order valence-electron chi connectivity index (χ4n) is 2.38. The fourth-order valence-corrected chi connectivity index (χ4v) is 2.55. The Bertz CT molecular complexity index is 456. The second kappa shape index (κ2) is 6.08. The Hall–Kier alpha value is -1.24. The number of nitrogens with zero attached hydrogens (tertiary/aromatic N) is 1. The molecule has 0 aliphatic carbocycles. The van der Waals surface area contributed by atoms with E-state index in [-0.39, 0.29) is 0 Å². The molecule has 2 atom stereocenters. The zero-order valence-electron chi connectivity index (χ0n) is 10.4. The molecule has 1 aromatic rings. The van der Waals surface area contributed by atoms with Crippen LogP contribution in [0.5, 0.6) is 0 Å². The SMILES string of the molecule is CCC1OCCC1CNc1ccc(Cl)cc1C#N. The summed E-state index contributed by atoms with van der Waals surface area (Å²) in [6.07, 6.45) is 2.47. The summed E-state index contributed by atoms with van der Waals surface area (Å²) in [7, 11) is 0. The lowest BCUT2D eigenvalue weighted by Gasteiger charge is -2.18. The highest BCUT2D eigenvalue weighted by Crippen LogP contribution is 2.25. The first-order valence-corrected chi connectivity index (χ1v) is 6.67. The van der Waals surface area contributed by atoms with Gasteiger partial charge in [-0.05, 0) is 31.0 Å². The predicted octanol–water partition coefficient (Wildman–Crippen LogP) is 3.44. The van der Waals surface area contributed by atoms with Gasteiger partial charge in [-0.3, -0.25) is 0 Å². The fraction of sp³-hybridized carbons (Fsp3) is 0.500. The van der Waals surface area contributed by atoms with E-state index in [2.05, 4.69) is 18.3 Å². The smallest absolute Gasteiger partial charge is 0.101 e. The van der Waals surface area contributed by atoms with Crippen LogP contribution in [0.2, 0.25) is 5.02 Å². The molecule has 1 fully saturated rings. The molecular weight excluding hydrogens is 248 g/mol. The van der Waals surface area contributed by atoms with Crippen LogP contribution in [0.3, 0.4) is 0 Å². The van der Waals surface area contributed by atoms with Crippen molar-refractivity contribution in [2.45, 2.75) is 25.9 Å². The van der Waals surface area contributed by atoms with Crippen LogP contribution in [0.4, 0.5) is 5.69 Å². The third-order valence-corrected chi connectivity index (χ3v) is 3.64. The number of ether oxygens (including phenoxy) is 1. The molecule has 2 unspecified atom stereocenters. The van der Waals surface area contributed by atoms with E-state index in [0.29, 0.717) is 22.6 Å². The van der Waals surface area contributed by atoms with E-state index < -0.39 is 0 Å². The molecule has 1 heterocycles. The normalized spacial score (nSPS) is 22.7. The summed E-state index contributed by atoms with van der Waals surface area (Å²) in [6, 6.07) is 7.50. The average Bonchev–Trinajstić information content (AvgIpc) is 2.84. The maximum absolute atomic E-state index is 9.06. The highest BCUT2D eigenvalue weighted by Gasteiger charge is 2.26. The van der Waals surface area contributed by atoms with Gasteiger partial charge < -0.3 is 10.1 Å². The van der Waals surface area contributed by atoms with Gasteiger partial charge in [0.1, 0.15) is 6.07 Å². The number of hydrogen-bond acceptors (Lipinski definition) is 3. The molecule has 96 valence electrons. The minimum Gasteiger partial charge on any atom is -0.384 e. The molecule has 0 saturated carbocycles. The van der Waals surface area contributed by atoms with Gasteiger partial charge in [-0.1, -0.05) is 18.5 Å². The van der Waals surface area contributed by atoms with Crippen molar-refractivity contribution < 1.29 is 4.74 Å². The summed E-state index contributed by atoms with van der Waals surface area (Å²) >= 11 is 5.87. The Labute approximate surface area is 113 Å². The van der Waals surface area contributed by atoms with Crippen LogP contribution in [0.15, 0.2) is 18.2 Å². The van der Waals surface area contributed by atoms with Crippen molar-refractivity contribution in [3.63, 3.8) is 0 Å². The van der Waals surface area contributed by atoms with Crippen molar-refractivity contribution in [1.29, 1.82) is 5.26 Å². The third kappa shape index (κ3) is 2.95. The Balaban J connectivity index is 2.00. The van der Waals surface area contributed by atoms with E-state index in [1.807, 2.05) is 6.07 Å². The second-order valence-corrected chi connectivity index (χ2v) is 4.99. The number of halogens is 1. The molecule has 0 spiro atoms. The van der Waals surface area contributed by atoms with E-state index in [1.165, 1.54) is 0 Å². The van der Waals surface area contributed by atoms with Gasteiger partial charge in [0.25, 0.3) is 0 Å². The number of hydrogen-bond donors (Lipinski definition) is 1. The number of rotatable bonds is 4. The highest BCUT2D eigenvalue weighted by molar-refractivity contribution is 6.30. The van der Waals surface area contributed by atoms with Crippen molar-refractivity contribution in [3.05, 3.63) is 28.8 Å². The van der Waals surface area contributed by atoms with Crippen LogP contribution in [0.1, 0.15) is 25.3 Å². The maximum atomic E-state index is 9.06. The van der Waals surface area contributed by atoms with E-state index in [0.717, 1.165) is 31.7 Å². The molecule has 0 amide bonds. The summed E-state index contributed by atoms with van der Waals surface area (Å²) in [5.41, 5.74) is 1.44. The topological polar surface area (TPSA) is 45.0 Å². The Morgan fingerprint density at radius 1 is 1.56 bits per heavy atom. The molecule has 4 heteroatoms. The molecule has 0 aromatic heterocycles. The maximum Gasteiger partial charge on any atom is 0.101 e. The summed E-state index contributed by atoms with van der Waals surface area (Å²) in [5, 5.41) is 13.0. The minimum atomic E-state index is 0.343. The monoisotopic (exact) mass is 264 g/mol. The summed E-state index contributed by atoms with van der Waals surface area (Å²) in [6.45, 7) is 3.83. The lowest BCUT2D eigenvalue weighted by Crippen LogP contribution is -2.23. The summed E-state index contributed by atoms with van der Waals surface area (Å²) in [5.74, 6) is 0.525. The molecule has 1 aromatic carbocycles. The van der Waals surface area contributed by atoms with Crippen molar-refractivity contribution in [2.24, 2.45) is 5.92 Å². The molecule has 3 nitrogen and oxygen atoms in total. The Morgan fingerprint density at radius 3 is 3.11 bits per heavy atom. The number of nitrogens with one attached hydrogen (secondary N) is 1. The van der Waals surface area contributed by atoms with Gasteiger partial charge >= 0.3 is 0 Å². The van der Waals surface area contributed by atoms with Gasteiger partial charge in [0, 0.05) is 24.1 Å². The summed E-state index contributed by atoms with van der Waals surface area (Å²) in [4.78, 5) is 0. The zero-order valence-corrected chi connectivity index (χ0v) is 11.2. The number of anilines is 1. The molecule has 0 radical (unpaired) electrons. The number of benzene rings is 1. The van der Waals surface area contributed by atoms with Crippen LogP contribution in [0.25, 0.3) is 0 Å².